The maximum atomic E-state index is 12.5. The van der Waals surface area contributed by atoms with Gasteiger partial charge in [-0.2, -0.15) is 0 Å². The van der Waals surface area contributed by atoms with Crippen molar-refractivity contribution in [1.82, 2.24) is 18.7 Å². The number of imidazole rings is 1. The quantitative estimate of drug-likeness (QED) is 0.739. The number of fused-ring (bicyclic) bond motifs is 1. The van der Waals surface area contributed by atoms with E-state index in [4.69, 9.17) is 0 Å². The van der Waals surface area contributed by atoms with E-state index in [1.54, 1.807) is 25.0 Å². The predicted molar refractivity (Wildman–Crippen MR) is 89.6 cm³/mol. The normalized spacial score (nSPS) is 12.9. The minimum atomic E-state index is -0.317. The van der Waals surface area contributed by atoms with Crippen LogP contribution in [0, 0.1) is 0 Å². The van der Waals surface area contributed by atoms with Gasteiger partial charge in [0.15, 0.2) is 11.2 Å². The summed E-state index contributed by atoms with van der Waals surface area (Å²) in [6, 6.07) is 0. The molecule has 0 fully saturated rings. The molecule has 1 atom stereocenters. The summed E-state index contributed by atoms with van der Waals surface area (Å²) in [5, 5.41) is 9.50. The Morgan fingerprint density at radius 1 is 1.17 bits per heavy atom. The molecule has 0 spiro atoms. The van der Waals surface area contributed by atoms with Gasteiger partial charge in [-0.05, 0) is 19.3 Å². The van der Waals surface area contributed by atoms with Crippen LogP contribution in [0.5, 0.6) is 0 Å². The topological polar surface area (TPSA) is 82.1 Å². The Hall–Kier alpha value is -1.89. The largest absolute Gasteiger partial charge is 0.393 e. The highest BCUT2D eigenvalue weighted by Crippen LogP contribution is 2.08. The van der Waals surface area contributed by atoms with Crippen LogP contribution in [0.3, 0.4) is 0 Å². The molecule has 0 saturated heterocycles. The van der Waals surface area contributed by atoms with Crippen molar-refractivity contribution in [2.24, 2.45) is 14.1 Å². The molecule has 0 radical (unpaired) electrons. The molecule has 0 aromatic carbocycles. The van der Waals surface area contributed by atoms with Gasteiger partial charge in [0.1, 0.15) is 0 Å². The summed E-state index contributed by atoms with van der Waals surface area (Å²) < 4.78 is 4.37. The lowest BCUT2D eigenvalue weighted by Gasteiger charge is -2.09. The minimum absolute atomic E-state index is 0.211. The van der Waals surface area contributed by atoms with Gasteiger partial charge in [-0.1, -0.05) is 26.2 Å². The van der Waals surface area contributed by atoms with Crippen LogP contribution < -0.4 is 11.2 Å². The highest BCUT2D eigenvalue weighted by Gasteiger charge is 2.14. The van der Waals surface area contributed by atoms with Crippen LogP contribution in [0.1, 0.15) is 45.4 Å². The molecule has 1 unspecified atom stereocenters. The van der Waals surface area contributed by atoms with Crippen LogP contribution in [0.4, 0.5) is 0 Å². The van der Waals surface area contributed by atoms with Crippen molar-refractivity contribution in [3.05, 3.63) is 27.2 Å². The lowest BCUT2D eigenvalue weighted by molar-refractivity contribution is 0.156. The number of hydrogen-bond acceptors (Lipinski definition) is 4. The lowest BCUT2D eigenvalue weighted by atomic mass is 10.1. The highest BCUT2D eigenvalue weighted by atomic mass is 16.3. The average Bonchev–Trinajstić information content (AvgIpc) is 2.93. The number of unbranched alkanes of at least 4 members (excludes halogenated alkanes) is 3. The summed E-state index contributed by atoms with van der Waals surface area (Å²) in [4.78, 5) is 28.9. The Morgan fingerprint density at radius 2 is 1.87 bits per heavy atom. The van der Waals surface area contributed by atoms with E-state index in [0.717, 1.165) is 38.5 Å². The van der Waals surface area contributed by atoms with E-state index in [1.165, 1.54) is 9.13 Å². The second kappa shape index (κ2) is 7.59. The van der Waals surface area contributed by atoms with Crippen molar-refractivity contribution < 1.29 is 5.11 Å². The molecule has 7 heteroatoms. The Kier molecular flexibility index (Phi) is 5.76. The van der Waals surface area contributed by atoms with Crippen molar-refractivity contribution in [3.8, 4) is 0 Å². The molecule has 2 heterocycles. The fourth-order valence-electron chi connectivity index (χ4n) is 2.80. The average molecular weight is 322 g/mol. The molecule has 1 N–H and O–H groups in total. The summed E-state index contributed by atoms with van der Waals surface area (Å²) in [6.45, 7) is 2.39. The van der Waals surface area contributed by atoms with Gasteiger partial charge >= 0.3 is 5.69 Å². The zero-order valence-corrected chi connectivity index (χ0v) is 14.2. The first-order valence-electron chi connectivity index (χ1n) is 8.26. The van der Waals surface area contributed by atoms with Crippen LogP contribution in [0.15, 0.2) is 15.9 Å². The summed E-state index contributed by atoms with van der Waals surface area (Å²) in [5.41, 5.74) is 0.289. The Morgan fingerprint density at radius 3 is 2.57 bits per heavy atom. The Balaban J connectivity index is 2.02. The Labute approximate surface area is 135 Å². The molecule has 0 saturated carbocycles. The van der Waals surface area contributed by atoms with E-state index in [0.29, 0.717) is 17.7 Å². The van der Waals surface area contributed by atoms with Crippen LogP contribution in [-0.4, -0.2) is 29.9 Å². The zero-order valence-electron chi connectivity index (χ0n) is 14.2. The fraction of sp³-hybridized carbons (Fsp3) is 0.688. The molecular weight excluding hydrogens is 296 g/mol. The maximum absolute atomic E-state index is 12.5. The smallest absolute Gasteiger partial charge is 0.332 e. The molecular formula is C16H26N4O3. The van der Waals surface area contributed by atoms with E-state index in [-0.39, 0.29) is 17.4 Å². The van der Waals surface area contributed by atoms with Crippen molar-refractivity contribution in [3.63, 3.8) is 0 Å². The molecule has 0 aliphatic carbocycles. The van der Waals surface area contributed by atoms with Gasteiger partial charge in [-0.15, -0.1) is 0 Å². The van der Waals surface area contributed by atoms with Gasteiger partial charge in [-0.25, -0.2) is 9.78 Å². The predicted octanol–water partition coefficient (Wildman–Crippen LogP) is 1.16. The van der Waals surface area contributed by atoms with Gasteiger partial charge in [0.05, 0.1) is 12.4 Å². The van der Waals surface area contributed by atoms with Gasteiger partial charge in [0.2, 0.25) is 0 Å². The second-order valence-corrected chi connectivity index (χ2v) is 6.09. The van der Waals surface area contributed by atoms with E-state index in [9.17, 15) is 14.7 Å². The van der Waals surface area contributed by atoms with Gasteiger partial charge in [0.25, 0.3) is 5.56 Å². The van der Waals surface area contributed by atoms with E-state index < -0.39 is 0 Å². The van der Waals surface area contributed by atoms with Gasteiger partial charge in [0, 0.05) is 20.6 Å². The summed E-state index contributed by atoms with van der Waals surface area (Å²) >= 11 is 0. The third-order valence-corrected chi connectivity index (χ3v) is 4.34. The third-order valence-electron chi connectivity index (χ3n) is 4.34. The van der Waals surface area contributed by atoms with Crippen LogP contribution in [-0.2, 0) is 20.6 Å². The first kappa shape index (κ1) is 17.5. The summed E-state index contributed by atoms with van der Waals surface area (Å²) in [5.74, 6) is 0. The molecule has 128 valence electrons. The molecule has 2 rings (SSSR count). The van der Waals surface area contributed by atoms with Crippen molar-refractivity contribution in [2.45, 2.75) is 58.1 Å². The molecule has 0 bridgehead atoms. The molecule has 7 nitrogen and oxygen atoms in total. The molecule has 23 heavy (non-hydrogen) atoms. The first-order valence-corrected chi connectivity index (χ1v) is 8.26. The number of hydrogen-bond donors (Lipinski definition) is 1. The minimum Gasteiger partial charge on any atom is -0.393 e. The van der Waals surface area contributed by atoms with Gasteiger partial charge in [-0.3, -0.25) is 13.9 Å². The number of aliphatic hydroxyl groups is 1. The van der Waals surface area contributed by atoms with E-state index in [2.05, 4.69) is 4.98 Å². The van der Waals surface area contributed by atoms with Crippen LogP contribution in [0.25, 0.3) is 11.2 Å². The van der Waals surface area contributed by atoms with Crippen LogP contribution in [0.2, 0.25) is 0 Å². The van der Waals surface area contributed by atoms with E-state index in [1.807, 2.05) is 6.92 Å². The maximum Gasteiger partial charge on any atom is 0.332 e. The molecule has 0 amide bonds. The monoisotopic (exact) mass is 322 g/mol. The summed E-state index contributed by atoms with van der Waals surface area (Å²) in [6.07, 6.45) is 6.64. The SMILES string of the molecule is CCC(O)CCCCCCn1c(=O)c2c(ncn2C)n(C)c1=O. The van der Waals surface area contributed by atoms with E-state index >= 15 is 0 Å². The first-order chi connectivity index (χ1) is 11.0. The number of aromatic nitrogens is 4. The zero-order chi connectivity index (χ0) is 17.0. The third kappa shape index (κ3) is 3.72. The van der Waals surface area contributed by atoms with Gasteiger partial charge < -0.3 is 9.67 Å². The Bertz CT molecular complexity index is 772. The van der Waals surface area contributed by atoms with Crippen molar-refractivity contribution in [2.75, 3.05) is 0 Å². The number of rotatable bonds is 8. The fourth-order valence-corrected chi connectivity index (χ4v) is 2.80. The highest BCUT2D eigenvalue weighted by molar-refractivity contribution is 5.69. The van der Waals surface area contributed by atoms with Crippen LogP contribution >= 0.6 is 0 Å². The molecule has 0 aliphatic rings. The van der Waals surface area contributed by atoms with Crippen molar-refractivity contribution in [1.29, 1.82) is 0 Å². The molecule has 2 aromatic rings. The lowest BCUT2D eigenvalue weighted by Crippen LogP contribution is -2.39. The van der Waals surface area contributed by atoms with Crippen molar-refractivity contribution >= 4 is 11.2 Å². The number of aryl methyl sites for hydroxylation is 2. The number of nitrogens with zero attached hydrogens (tertiary/aromatic N) is 4. The standard InChI is InChI=1S/C16H26N4O3/c1-4-12(21)9-7-5-6-8-10-20-15(22)13-14(17-11-18(13)2)19(3)16(20)23/h11-12,21H,4-10H2,1-3H3. The second-order valence-electron chi connectivity index (χ2n) is 6.09. The molecule has 0 aliphatic heterocycles. The summed E-state index contributed by atoms with van der Waals surface area (Å²) in [7, 11) is 3.39. The number of aliphatic hydroxyl groups excluding tert-OH is 1. The molecule has 2 aromatic heterocycles.